The summed E-state index contributed by atoms with van der Waals surface area (Å²) in [4.78, 5) is 10.9. The predicted octanol–water partition coefficient (Wildman–Crippen LogP) is 4.72. The third-order valence-corrected chi connectivity index (χ3v) is 6.07. The number of nitrogens with two attached hydrogens (primary N) is 1. The molecule has 4 N–H and O–H groups in total. The number of hydrogen-bond donors (Lipinski definition) is 3. The van der Waals surface area contributed by atoms with E-state index in [9.17, 15) is 9.90 Å². The van der Waals surface area contributed by atoms with Gasteiger partial charge >= 0.3 is 5.97 Å². The quantitative estimate of drug-likeness (QED) is 0.388. The van der Waals surface area contributed by atoms with Gasteiger partial charge in [0.1, 0.15) is 17.5 Å². The first-order chi connectivity index (χ1) is 11.2. The maximum atomic E-state index is 10.9. The molecule has 0 heterocycles. The summed E-state index contributed by atoms with van der Waals surface area (Å²) in [6.45, 7) is 0. The maximum Gasteiger partial charge on any atom is 0.320 e. The number of carboxylic acid groups (broad SMARTS) is 1. The van der Waals surface area contributed by atoms with E-state index in [1.807, 2.05) is 34.7 Å². The number of aromatic hydroxyl groups is 1. The first kappa shape index (κ1) is 20.5. The zero-order valence-electron chi connectivity index (χ0n) is 11.9. The first-order valence-corrected chi connectivity index (χ1v) is 10.5. The molecule has 0 saturated carbocycles. The Morgan fingerprint density at radius 2 is 1.75 bits per heavy atom. The standard InChI is InChI=1S/C15H11BrI3NO4/c16-8-4-7(5-9(17)13(8)21)24-14-10(18)1-6(2-11(14)19)3-12(20)15(22)23/h1-2,4-5,12,21H,3,20H2,(H,22,23). The summed E-state index contributed by atoms with van der Waals surface area (Å²) in [7, 11) is 0. The lowest BCUT2D eigenvalue weighted by Crippen LogP contribution is -2.32. The van der Waals surface area contributed by atoms with Gasteiger partial charge in [-0.15, -0.1) is 0 Å². The maximum absolute atomic E-state index is 10.9. The van der Waals surface area contributed by atoms with Crippen LogP contribution in [-0.2, 0) is 11.2 Å². The van der Waals surface area contributed by atoms with Gasteiger partial charge in [-0.2, -0.15) is 0 Å². The van der Waals surface area contributed by atoms with E-state index in [1.54, 1.807) is 12.1 Å². The van der Waals surface area contributed by atoms with Gasteiger partial charge < -0.3 is 20.7 Å². The lowest BCUT2D eigenvalue weighted by Gasteiger charge is -2.14. The van der Waals surface area contributed by atoms with Crippen molar-refractivity contribution >= 4 is 89.7 Å². The van der Waals surface area contributed by atoms with Gasteiger partial charge in [0.05, 0.1) is 15.2 Å². The Hall–Kier alpha value is 0.140. The zero-order valence-corrected chi connectivity index (χ0v) is 20.0. The van der Waals surface area contributed by atoms with Crippen LogP contribution in [0.5, 0.6) is 17.2 Å². The van der Waals surface area contributed by atoms with Crippen molar-refractivity contribution in [3.05, 3.63) is 45.0 Å². The van der Waals surface area contributed by atoms with Gasteiger partial charge in [0.15, 0.2) is 5.75 Å². The smallest absolute Gasteiger partial charge is 0.320 e. The van der Waals surface area contributed by atoms with Crippen LogP contribution in [0.15, 0.2) is 28.7 Å². The number of ether oxygens (including phenoxy) is 1. The molecule has 0 aliphatic heterocycles. The van der Waals surface area contributed by atoms with Crippen molar-refractivity contribution in [1.82, 2.24) is 0 Å². The highest BCUT2D eigenvalue weighted by molar-refractivity contribution is 14.1. The third kappa shape index (κ3) is 5.08. The number of halogens is 4. The van der Waals surface area contributed by atoms with Crippen molar-refractivity contribution in [2.45, 2.75) is 12.5 Å². The van der Waals surface area contributed by atoms with Crippen LogP contribution in [0.25, 0.3) is 0 Å². The molecule has 128 valence electrons. The molecule has 1 unspecified atom stereocenters. The predicted molar refractivity (Wildman–Crippen MR) is 120 cm³/mol. The molecule has 1 atom stereocenters. The Labute approximate surface area is 187 Å². The number of phenols is 1. The normalized spacial score (nSPS) is 12.0. The minimum Gasteiger partial charge on any atom is -0.506 e. The van der Waals surface area contributed by atoms with E-state index in [4.69, 9.17) is 15.6 Å². The minimum absolute atomic E-state index is 0.172. The Morgan fingerprint density at radius 1 is 1.17 bits per heavy atom. The fourth-order valence-corrected chi connectivity index (χ4v) is 5.41. The Morgan fingerprint density at radius 3 is 2.25 bits per heavy atom. The molecule has 2 rings (SSSR count). The molecular formula is C15H11BrI3NO4. The molecule has 2 aromatic rings. The molecule has 0 aromatic heterocycles. The fraction of sp³-hybridized carbons (Fsp3) is 0.133. The third-order valence-electron chi connectivity index (χ3n) is 3.04. The van der Waals surface area contributed by atoms with E-state index in [2.05, 4.69) is 61.1 Å². The van der Waals surface area contributed by atoms with Crippen LogP contribution >= 0.6 is 83.7 Å². The number of hydrogen-bond acceptors (Lipinski definition) is 4. The molecule has 0 saturated heterocycles. The molecular weight excluding hydrogens is 719 g/mol. The summed E-state index contributed by atoms with van der Waals surface area (Å²) in [5.41, 5.74) is 6.43. The van der Waals surface area contributed by atoms with Crippen LogP contribution in [0, 0.1) is 10.7 Å². The van der Waals surface area contributed by atoms with Crippen molar-refractivity contribution in [3.8, 4) is 17.2 Å². The fourth-order valence-electron chi connectivity index (χ4n) is 1.89. The van der Waals surface area contributed by atoms with E-state index >= 15 is 0 Å². The Kier molecular flexibility index (Phi) is 7.40. The number of carbonyl (C=O) groups is 1. The van der Waals surface area contributed by atoms with Gasteiger partial charge in [-0.25, -0.2) is 0 Å². The summed E-state index contributed by atoms with van der Waals surface area (Å²) >= 11 is 9.61. The Balaban J connectivity index is 2.30. The van der Waals surface area contributed by atoms with E-state index in [0.29, 0.717) is 19.5 Å². The van der Waals surface area contributed by atoms with Gasteiger partial charge in [0, 0.05) is 0 Å². The molecule has 0 aliphatic carbocycles. The molecule has 2 aromatic carbocycles. The molecule has 0 aliphatic rings. The number of aliphatic carboxylic acids is 1. The van der Waals surface area contributed by atoms with Gasteiger partial charge in [0.2, 0.25) is 0 Å². The number of carboxylic acids is 1. The first-order valence-electron chi connectivity index (χ1n) is 6.51. The van der Waals surface area contributed by atoms with Crippen molar-refractivity contribution in [3.63, 3.8) is 0 Å². The van der Waals surface area contributed by atoms with Crippen molar-refractivity contribution < 1.29 is 19.7 Å². The average molecular weight is 730 g/mol. The monoisotopic (exact) mass is 729 g/mol. The molecule has 0 radical (unpaired) electrons. The Bertz CT molecular complexity index is 754. The van der Waals surface area contributed by atoms with Crippen LogP contribution in [0.4, 0.5) is 0 Å². The minimum atomic E-state index is -1.02. The second-order valence-electron chi connectivity index (χ2n) is 4.88. The van der Waals surface area contributed by atoms with Crippen molar-refractivity contribution in [2.75, 3.05) is 0 Å². The summed E-state index contributed by atoms with van der Waals surface area (Å²) in [5, 5.41) is 18.7. The highest BCUT2D eigenvalue weighted by Gasteiger charge is 2.16. The number of phenolic OH excluding ortho intramolecular Hbond substituents is 1. The highest BCUT2D eigenvalue weighted by atomic mass is 127. The number of benzene rings is 2. The van der Waals surface area contributed by atoms with Gasteiger partial charge in [-0.1, -0.05) is 0 Å². The van der Waals surface area contributed by atoms with E-state index in [0.717, 1.165) is 12.7 Å². The lowest BCUT2D eigenvalue weighted by molar-refractivity contribution is -0.138. The summed E-state index contributed by atoms with van der Waals surface area (Å²) < 4.78 is 8.89. The van der Waals surface area contributed by atoms with Crippen LogP contribution in [0.2, 0.25) is 0 Å². The average Bonchev–Trinajstić information content (AvgIpc) is 2.48. The second kappa shape index (κ2) is 8.68. The van der Waals surface area contributed by atoms with Crippen LogP contribution < -0.4 is 10.5 Å². The SMILES string of the molecule is NC(Cc1cc(I)c(Oc2cc(Br)c(O)c(I)c2)c(I)c1)C(=O)O. The second-order valence-corrected chi connectivity index (χ2v) is 9.22. The molecule has 5 nitrogen and oxygen atoms in total. The van der Waals surface area contributed by atoms with Crippen LogP contribution in [-0.4, -0.2) is 22.2 Å². The molecule has 9 heteroatoms. The molecule has 0 amide bonds. The summed E-state index contributed by atoms with van der Waals surface area (Å²) in [5.74, 6) is 0.418. The van der Waals surface area contributed by atoms with Crippen molar-refractivity contribution in [2.24, 2.45) is 5.73 Å². The van der Waals surface area contributed by atoms with Gasteiger partial charge in [0.25, 0.3) is 0 Å². The summed E-state index contributed by atoms with van der Waals surface area (Å²) in [6.07, 6.45) is 0.254. The van der Waals surface area contributed by atoms with E-state index in [-0.39, 0.29) is 12.2 Å². The molecule has 0 bridgehead atoms. The van der Waals surface area contributed by atoms with E-state index < -0.39 is 12.0 Å². The zero-order chi connectivity index (χ0) is 18.0. The van der Waals surface area contributed by atoms with Crippen LogP contribution in [0.3, 0.4) is 0 Å². The largest absolute Gasteiger partial charge is 0.506 e. The van der Waals surface area contributed by atoms with Gasteiger partial charge in [-0.3, -0.25) is 4.79 Å². The molecule has 24 heavy (non-hydrogen) atoms. The van der Waals surface area contributed by atoms with Crippen LogP contribution in [0.1, 0.15) is 5.56 Å². The molecule has 0 spiro atoms. The van der Waals surface area contributed by atoms with Crippen molar-refractivity contribution in [1.29, 1.82) is 0 Å². The highest BCUT2D eigenvalue weighted by Crippen LogP contribution is 2.38. The lowest BCUT2D eigenvalue weighted by atomic mass is 10.1. The molecule has 0 fully saturated rings. The topological polar surface area (TPSA) is 92.8 Å². The number of rotatable bonds is 5. The van der Waals surface area contributed by atoms with E-state index in [1.165, 1.54) is 0 Å². The summed E-state index contributed by atoms with van der Waals surface area (Å²) in [6, 6.07) is 6.22. The van der Waals surface area contributed by atoms with Gasteiger partial charge in [-0.05, 0) is 120 Å².